The van der Waals surface area contributed by atoms with Crippen molar-refractivity contribution < 1.29 is 0 Å². The van der Waals surface area contributed by atoms with Gasteiger partial charge in [-0.25, -0.2) is 0 Å². The van der Waals surface area contributed by atoms with Crippen LogP contribution < -0.4 is 5.56 Å². The number of rotatable bonds is 0. The molecule has 1 aromatic rings. The molecule has 0 saturated carbocycles. The fourth-order valence-corrected chi connectivity index (χ4v) is 0.272. The van der Waals surface area contributed by atoms with E-state index in [1.54, 1.807) is 6.20 Å². The third-order valence-corrected chi connectivity index (χ3v) is 0.513. The molecule has 0 unspecified atom stereocenters. The van der Waals surface area contributed by atoms with E-state index in [1.165, 1.54) is 6.07 Å². The zero-order valence-corrected chi connectivity index (χ0v) is 6.51. The minimum atomic E-state index is -0.0880. The minimum absolute atomic E-state index is 0.0880. The molecule has 0 radical (unpaired) electrons. The summed E-state index contributed by atoms with van der Waals surface area (Å²) in [5.74, 6) is 0. The highest BCUT2D eigenvalue weighted by molar-refractivity contribution is 4.75. The van der Waals surface area contributed by atoms with E-state index in [4.69, 9.17) is 0 Å². The van der Waals surface area contributed by atoms with Crippen LogP contribution in [0.3, 0.4) is 0 Å². The van der Waals surface area contributed by atoms with E-state index in [0.29, 0.717) is 0 Å². The van der Waals surface area contributed by atoms with Crippen molar-refractivity contribution in [1.29, 1.82) is 0 Å². The van der Waals surface area contributed by atoms with Crippen LogP contribution in [0.15, 0.2) is 17.1 Å². The molecule has 4 heteroatoms. The summed E-state index contributed by atoms with van der Waals surface area (Å²) in [7, 11) is 6.00. The monoisotopic (exact) mass is 143 g/mol. The second-order valence-electron chi connectivity index (χ2n) is 2.31. The molecule has 0 bridgehead atoms. The van der Waals surface area contributed by atoms with E-state index >= 15 is 0 Å². The van der Waals surface area contributed by atoms with Gasteiger partial charge in [0.2, 0.25) is 0 Å². The van der Waals surface area contributed by atoms with Crippen molar-refractivity contribution in [2.45, 2.75) is 0 Å². The molecule has 0 atom stereocenters. The topological polar surface area (TPSA) is 51.9 Å². The number of hydrogen-bond acceptors (Lipinski definition) is 2. The van der Waals surface area contributed by atoms with E-state index in [-0.39, 0.29) is 5.56 Å². The summed E-state index contributed by atoms with van der Waals surface area (Å²) in [5, 5.41) is 4.81. The predicted molar refractivity (Wildman–Crippen MR) is 41.0 cm³/mol. The summed E-state index contributed by atoms with van der Waals surface area (Å²) in [4.78, 5) is 12.0. The lowest BCUT2D eigenvalue weighted by Gasteiger charge is -1.90. The minimum Gasteiger partial charge on any atom is -0.312 e. The maximum atomic E-state index is 9.98. The van der Waals surface area contributed by atoms with Gasteiger partial charge in [-0.3, -0.25) is 9.89 Å². The number of hydrogen-bond donors (Lipinski definition) is 2. The standard InChI is InChI=1S/C3H4N2O.C3H9N/c6-3-1-2-4-5-3;1-4(2)3/h1-2H,(H2,4,5,6);1-3H3. The van der Waals surface area contributed by atoms with Crippen LogP contribution in [0.25, 0.3) is 0 Å². The molecule has 4 nitrogen and oxygen atoms in total. The molecule has 0 amide bonds. The van der Waals surface area contributed by atoms with E-state index in [1.807, 2.05) is 26.0 Å². The molecule has 0 spiro atoms. The zero-order chi connectivity index (χ0) is 7.98. The molecule has 0 aliphatic rings. The van der Waals surface area contributed by atoms with E-state index < -0.39 is 0 Å². The highest BCUT2D eigenvalue weighted by atomic mass is 16.1. The number of H-pyrrole nitrogens is 2. The van der Waals surface area contributed by atoms with Crippen molar-refractivity contribution in [3.63, 3.8) is 0 Å². The van der Waals surface area contributed by atoms with Crippen molar-refractivity contribution in [2.75, 3.05) is 21.1 Å². The van der Waals surface area contributed by atoms with Crippen LogP contribution in [0.1, 0.15) is 0 Å². The van der Waals surface area contributed by atoms with Gasteiger partial charge in [-0.1, -0.05) is 0 Å². The fraction of sp³-hybridized carbons (Fsp3) is 0.500. The SMILES string of the molecule is CN(C)C.O=c1cc[nH][nH]1. The molecule has 0 saturated heterocycles. The Labute approximate surface area is 59.9 Å². The molecular weight excluding hydrogens is 130 g/mol. The number of aromatic nitrogens is 2. The molecule has 0 fully saturated rings. The van der Waals surface area contributed by atoms with E-state index in [2.05, 4.69) is 10.2 Å². The smallest absolute Gasteiger partial charge is 0.263 e. The first-order valence-corrected chi connectivity index (χ1v) is 2.96. The molecule has 1 heterocycles. The molecule has 10 heavy (non-hydrogen) atoms. The van der Waals surface area contributed by atoms with Gasteiger partial charge < -0.3 is 10.00 Å². The summed E-state index contributed by atoms with van der Waals surface area (Å²) >= 11 is 0. The maximum Gasteiger partial charge on any atom is 0.263 e. The van der Waals surface area contributed by atoms with Crippen LogP contribution >= 0.6 is 0 Å². The summed E-state index contributed by atoms with van der Waals surface area (Å²) in [6.07, 6.45) is 1.54. The van der Waals surface area contributed by atoms with Crippen LogP contribution in [0.4, 0.5) is 0 Å². The van der Waals surface area contributed by atoms with Crippen LogP contribution in [-0.2, 0) is 0 Å². The first-order valence-electron chi connectivity index (χ1n) is 2.96. The van der Waals surface area contributed by atoms with Gasteiger partial charge in [0, 0.05) is 12.3 Å². The van der Waals surface area contributed by atoms with Gasteiger partial charge in [0.1, 0.15) is 0 Å². The van der Waals surface area contributed by atoms with Gasteiger partial charge in [0.05, 0.1) is 0 Å². The lowest BCUT2D eigenvalue weighted by molar-refractivity contribution is 0.505. The quantitative estimate of drug-likeness (QED) is 0.532. The molecule has 1 rings (SSSR count). The highest BCUT2D eigenvalue weighted by Crippen LogP contribution is 1.53. The van der Waals surface area contributed by atoms with Gasteiger partial charge >= 0.3 is 0 Å². The normalized spacial score (nSPS) is 8.80. The van der Waals surface area contributed by atoms with Gasteiger partial charge in [-0.2, -0.15) is 0 Å². The predicted octanol–water partition coefficient (Wildman–Crippen LogP) is -0.119. The maximum absolute atomic E-state index is 9.98. The Balaban J connectivity index is 0.000000180. The Morgan fingerprint density at radius 1 is 1.40 bits per heavy atom. The number of aromatic amines is 2. The van der Waals surface area contributed by atoms with Crippen molar-refractivity contribution in [2.24, 2.45) is 0 Å². The van der Waals surface area contributed by atoms with Crippen LogP contribution in [0.5, 0.6) is 0 Å². The van der Waals surface area contributed by atoms with E-state index in [0.717, 1.165) is 0 Å². The first-order chi connectivity index (χ1) is 4.63. The summed E-state index contributed by atoms with van der Waals surface area (Å²) in [6, 6.07) is 1.42. The number of nitrogens with zero attached hydrogens (tertiary/aromatic N) is 1. The van der Waals surface area contributed by atoms with Gasteiger partial charge in [0.15, 0.2) is 0 Å². The number of nitrogens with one attached hydrogen (secondary N) is 2. The summed E-state index contributed by atoms with van der Waals surface area (Å²) in [5.41, 5.74) is -0.0880. The second kappa shape index (κ2) is 4.81. The largest absolute Gasteiger partial charge is 0.312 e. The Bertz CT molecular complexity index is 181. The molecule has 2 N–H and O–H groups in total. The molecule has 0 aliphatic carbocycles. The molecule has 58 valence electrons. The third-order valence-electron chi connectivity index (χ3n) is 0.513. The lowest BCUT2D eigenvalue weighted by atomic mass is 10.7. The average Bonchev–Trinajstić information content (AvgIpc) is 2.15. The third kappa shape index (κ3) is 6.97. The van der Waals surface area contributed by atoms with Crippen molar-refractivity contribution in [3.05, 3.63) is 22.6 Å². The van der Waals surface area contributed by atoms with Crippen molar-refractivity contribution >= 4 is 0 Å². The Kier molecular flexibility index (Phi) is 4.32. The zero-order valence-electron chi connectivity index (χ0n) is 6.51. The molecule has 0 aromatic carbocycles. The van der Waals surface area contributed by atoms with Crippen LogP contribution in [-0.4, -0.2) is 36.2 Å². The molecule has 1 aromatic heterocycles. The van der Waals surface area contributed by atoms with Crippen molar-refractivity contribution in [1.82, 2.24) is 15.1 Å². The molecule has 0 aliphatic heterocycles. The summed E-state index contributed by atoms with van der Waals surface area (Å²) in [6.45, 7) is 0. The Hall–Kier alpha value is -1.03. The van der Waals surface area contributed by atoms with Crippen LogP contribution in [0, 0.1) is 0 Å². The Morgan fingerprint density at radius 3 is 2.00 bits per heavy atom. The summed E-state index contributed by atoms with van der Waals surface area (Å²) < 4.78 is 0. The van der Waals surface area contributed by atoms with Gasteiger partial charge in [-0.05, 0) is 21.1 Å². The Morgan fingerprint density at radius 2 is 1.90 bits per heavy atom. The van der Waals surface area contributed by atoms with Crippen molar-refractivity contribution in [3.8, 4) is 0 Å². The average molecular weight is 143 g/mol. The molecular formula is C6H13N3O. The van der Waals surface area contributed by atoms with Gasteiger partial charge in [-0.15, -0.1) is 0 Å². The van der Waals surface area contributed by atoms with Crippen LogP contribution in [0.2, 0.25) is 0 Å². The van der Waals surface area contributed by atoms with Gasteiger partial charge in [0.25, 0.3) is 5.56 Å². The lowest BCUT2D eigenvalue weighted by Crippen LogP contribution is -1.99. The first kappa shape index (κ1) is 8.97. The fourth-order valence-electron chi connectivity index (χ4n) is 0.272. The van der Waals surface area contributed by atoms with E-state index in [9.17, 15) is 4.79 Å². The highest BCUT2D eigenvalue weighted by Gasteiger charge is 1.70. The second-order valence-corrected chi connectivity index (χ2v) is 2.31.